The largest absolute Gasteiger partial charge is 0.452 e. The summed E-state index contributed by atoms with van der Waals surface area (Å²) in [4.78, 5) is 16.7. The first-order valence-electron chi connectivity index (χ1n) is 7.88. The molecule has 0 atom stereocenters. The van der Waals surface area contributed by atoms with Gasteiger partial charge in [-0.05, 0) is 30.3 Å². The highest BCUT2D eigenvalue weighted by atomic mass is 19.3. The maximum absolute atomic E-state index is 12.7. The van der Waals surface area contributed by atoms with Crippen LogP contribution in [0.15, 0.2) is 70.3 Å². The van der Waals surface area contributed by atoms with Crippen LogP contribution in [0.25, 0.3) is 21.9 Å². The van der Waals surface area contributed by atoms with Gasteiger partial charge in [0.1, 0.15) is 5.58 Å². The fourth-order valence-electron chi connectivity index (χ4n) is 2.83. The summed E-state index contributed by atoms with van der Waals surface area (Å²) in [5.74, 6) is -0.736. The zero-order valence-electron chi connectivity index (χ0n) is 13.7. The van der Waals surface area contributed by atoms with Crippen LogP contribution in [-0.4, -0.2) is 22.5 Å². The summed E-state index contributed by atoms with van der Waals surface area (Å²) in [6.07, 6.45) is 2.66. The van der Waals surface area contributed by atoms with Gasteiger partial charge in [0, 0.05) is 23.2 Å². The van der Waals surface area contributed by atoms with Crippen LogP contribution in [0.3, 0.4) is 0 Å². The second kappa shape index (κ2) is 6.56. The lowest BCUT2D eigenvalue weighted by atomic mass is 10.1. The maximum Gasteiger partial charge on any atom is 0.387 e. The first-order valence-corrected chi connectivity index (χ1v) is 7.88. The fourth-order valence-corrected chi connectivity index (χ4v) is 2.83. The Bertz CT molecular complexity index is 1210. The lowest BCUT2D eigenvalue weighted by molar-refractivity contribution is -0.0493. The van der Waals surface area contributed by atoms with Crippen LogP contribution in [0, 0.1) is 0 Å². The number of aromatic nitrogens is 1. The van der Waals surface area contributed by atoms with Crippen LogP contribution in [0.5, 0.6) is 5.75 Å². The van der Waals surface area contributed by atoms with Gasteiger partial charge in [0.15, 0.2) is 11.3 Å². The van der Waals surface area contributed by atoms with Gasteiger partial charge in [-0.25, -0.2) is 9.72 Å². The number of carbonyl (C=O) groups excluding carboxylic acids is 1. The number of rotatable bonds is 3. The predicted octanol–water partition coefficient (Wildman–Crippen LogP) is 3.97. The lowest BCUT2D eigenvalue weighted by Gasteiger charge is -2.06. The van der Waals surface area contributed by atoms with Crippen LogP contribution in [-0.2, 0) is 0 Å². The second-order valence-corrected chi connectivity index (χ2v) is 5.65. The number of fused-ring (bicyclic) bond motifs is 3. The van der Waals surface area contributed by atoms with Crippen molar-refractivity contribution in [2.24, 2.45) is 4.99 Å². The number of benzene rings is 2. The smallest absolute Gasteiger partial charge is 0.387 e. The highest BCUT2D eigenvalue weighted by molar-refractivity contribution is 6.17. The lowest BCUT2D eigenvalue weighted by Crippen LogP contribution is -2.08. The van der Waals surface area contributed by atoms with Gasteiger partial charge >= 0.3 is 6.61 Å². The quantitative estimate of drug-likeness (QED) is 0.554. The molecule has 2 heterocycles. The minimum atomic E-state index is -3.03. The topological polar surface area (TPSA) is 77.0 Å². The van der Waals surface area contributed by atoms with Crippen molar-refractivity contribution in [3.8, 4) is 5.75 Å². The minimum absolute atomic E-state index is 0.0545. The Labute approximate surface area is 150 Å². The van der Waals surface area contributed by atoms with E-state index < -0.39 is 12.5 Å². The van der Waals surface area contributed by atoms with E-state index in [-0.39, 0.29) is 16.9 Å². The maximum atomic E-state index is 12.7. The molecule has 4 aromatic rings. The number of pyridine rings is 1. The number of halogens is 2. The Morgan fingerprint density at radius 2 is 1.85 bits per heavy atom. The van der Waals surface area contributed by atoms with E-state index in [0.29, 0.717) is 21.7 Å². The molecule has 2 aromatic heterocycles. The van der Waals surface area contributed by atoms with Crippen molar-refractivity contribution in [2.75, 3.05) is 0 Å². The van der Waals surface area contributed by atoms with Crippen LogP contribution in [0.4, 0.5) is 8.78 Å². The summed E-state index contributed by atoms with van der Waals surface area (Å²) in [6, 6.07) is 12.4. The standard InChI is InChI=1S/C19H12F2N2O4/c20-19(21)27-15-6-5-13(18(24)22-11-7-9-23(25)10-8-11)16-12-3-1-2-4-14(12)26-17(15)16/h1-10,19,25H. The normalized spacial score (nSPS) is 11.2. The van der Waals surface area contributed by atoms with Crippen LogP contribution in [0.1, 0.15) is 10.4 Å². The molecule has 1 N–H and O–H groups in total. The number of hydrogen-bond donors (Lipinski definition) is 1. The third-order valence-electron chi connectivity index (χ3n) is 3.96. The highest BCUT2D eigenvalue weighted by Gasteiger charge is 2.20. The van der Waals surface area contributed by atoms with Crippen molar-refractivity contribution in [2.45, 2.75) is 6.61 Å². The Kier molecular flexibility index (Phi) is 4.08. The molecule has 0 saturated heterocycles. The number of alkyl halides is 2. The molecule has 27 heavy (non-hydrogen) atoms. The van der Waals surface area contributed by atoms with Gasteiger partial charge < -0.3 is 14.4 Å². The van der Waals surface area contributed by atoms with Gasteiger partial charge in [0.25, 0.3) is 5.91 Å². The molecule has 1 amide bonds. The SMILES string of the molecule is O=C(N=c1ccn(O)cc1)c1ccc(OC(F)F)c2oc3ccccc3c12. The molecular weight excluding hydrogens is 358 g/mol. The summed E-state index contributed by atoms with van der Waals surface area (Å²) in [5, 5.41) is 10.5. The number of amides is 1. The Balaban J connectivity index is 1.94. The molecule has 8 heteroatoms. The monoisotopic (exact) mass is 370 g/mol. The van der Waals surface area contributed by atoms with Gasteiger partial charge in [-0.15, -0.1) is 0 Å². The van der Waals surface area contributed by atoms with Crippen molar-refractivity contribution in [1.29, 1.82) is 0 Å². The van der Waals surface area contributed by atoms with E-state index in [0.717, 1.165) is 4.73 Å². The highest BCUT2D eigenvalue weighted by Crippen LogP contribution is 2.37. The van der Waals surface area contributed by atoms with Crippen molar-refractivity contribution < 1.29 is 27.9 Å². The molecule has 136 valence electrons. The molecule has 0 aliphatic heterocycles. The summed E-state index contributed by atoms with van der Waals surface area (Å²) in [5.41, 5.74) is 0.684. The first kappa shape index (κ1) is 16.8. The number of hydrogen-bond acceptors (Lipinski definition) is 4. The molecule has 0 saturated carbocycles. The number of carbonyl (C=O) groups is 1. The molecule has 0 bridgehead atoms. The van der Waals surface area contributed by atoms with Gasteiger partial charge in [-0.3, -0.25) is 4.79 Å². The number of furan rings is 1. The van der Waals surface area contributed by atoms with E-state index in [1.807, 2.05) is 0 Å². The van der Waals surface area contributed by atoms with Gasteiger partial charge in [-0.2, -0.15) is 8.78 Å². The van der Waals surface area contributed by atoms with Gasteiger partial charge in [-0.1, -0.05) is 18.2 Å². The van der Waals surface area contributed by atoms with E-state index in [1.165, 1.54) is 36.7 Å². The zero-order valence-corrected chi connectivity index (χ0v) is 13.7. The van der Waals surface area contributed by atoms with Crippen LogP contribution in [0.2, 0.25) is 0 Å². The Morgan fingerprint density at radius 1 is 1.11 bits per heavy atom. The molecule has 0 fully saturated rings. The van der Waals surface area contributed by atoms with E-state index in [9.17, 15) is 18.8 Å². The molecule has 0 spiro atoms. The molecule has 0 aliphatic carbocycles. The van der Waals surface area contributed by atoms with Crippen molar-refractivity contribution >= 4 is 27.8 Å². The van der Waals surface area contributed by atoms with Crippen molar-refractivity contribution in [3.63, 3.8) is 0 Å². The minimum Gasteiger partial charge on any atom is -0.452 e. The summed E-state index contributed by atoms with van der Waals surface area (Å²) in [7, 11) is 0. The second-order valence-electron chi connectivity index (χ2n) is 5.65. The van der Waals surface area contributed by atoms with Gasteiger partial charge in [0.2, 0.25) is 0 Å². The molecule has 2 aromatic carbocycles. The van der Waals surface area contributed by atoms with Crippen molar-refractivity contribution in [3.05, 3.63) is 71.8 Å². The van der Waals surface area contributed by atoms with Gasteiger partial charge in [0.05, 0.1) is 10.9 Å². The third-order valence-corrected chi connectivity index (χ3v) is 3.96. The molecule has 0 aliphatic rings. The molecule has 0 unspecified atom stereocenters. The summed E-state index contributed by atoms with van der Waals surface area (Å²) >= 11 is 0. The number of ether oxygens (including phenoxy) is 1. The third kappa shape index (κ3) is 3.12. The molecule has 4 rings (SSSR count). The molecular formula is C19H12F2N2O4. The molecule has 0 radical (unpaired) electrons. The fraction of sp³-hybridized carbons (Fsp3) is 0.0526. The van der Waals surface area contributed by atoms with Crippen molar-refractivity contribution in [1.82, 2.24) is 4.73 Å². The number of para-hydroxylation sites is 1. The van der Waals surface area contributed by atoms with E-state index in [1.54, 1.807) is 24.3 Å². The summed E-state index contributed by atoms with van der Waals surface area (Å²) < 4.78 is 36.4. The predicted molar refractivity (Wildman–Crippen MR) is 91.9 cm³/mol. The van der Waals surface area contributed by atoms with E-state index in [4.69, 9.17) is 4.42 Å². The summed E-state index contributed by atoms with van der Waals surface area (Å²) in [6.45, 7) is -3.03. The molecule has 6 nitrogen and oxygen atoms in total. The Morgan fingerprint density at radius 3 is 2.59 bits per heavy atom. The first-order chi connectivity index (χ1) is 13.0. The number of nitrogens with zero attached hydrogens (tertiary/aromatic N) is 2. The average molecular weight is 370 g/mol. The zero-order chi connectivity index (χ0) is 19.0. The Hall–Kier alpha value is -3.68. The van der Waals surface area contributed by atoms with Crippen LogP contribution < -0.4 is 10.1 Å². The average Bonchev–Trinajstić information content (AvgIpc) is 3.03. The van der Waals surface area contributed by atoms with Crippen LogP contribution >= 0.6 is 0 Å². The van der Waals surface area contributed by atoms with E-state index >= 15 is 0 Å². The van der Waals surface area contributed by atoms with E-state index in [2.05, 4.69) is 9.73 Å².